The molecule has 0 bridgehead atoms. The summed E-state index contributed by atoms with van der Waals surface area (Å²) in [6, 6.07) is 6.91. The molecule has 0 heterocycles. The second-order valence-corrected chi connectivity index (χ2v) is 5.62. The molecule has 1 fully saturated rings. The fraction of sp³-hybridized carbons (Fsp3) is 0.588. The number of halogens is 1. The van der Waals surface area contributed by atoms with Crippen molar-refractivity contribution in [2.45, 2.75) is 44.8 Å². The van der Waals surface area contributed by atoms with Gasteiger partial charge in [-0.05, 0) is 37.5 Å². The van der Waals surface area contributed by atoms with Gasteiger partial charge in [-0.1, -0.05) is 25.0 Å². The highest BCUT2D eigenvalue weighted by atomic mass is 19.1. The molecular formula is C17H26FN3O. The molecular weight excluding hydrogens is 281 g/mol. The van der Waals surface area contributed by atoms with E-state index in [1.807, 2.05) is 0 Å². The largest absolute Gasteiger partial charge is 0.375 e. The Morgan fingerprint density at radius 2 is 2.00 bits per heavy atom. The summed E-state index contributed by atoms with van der Waals surface area (Å²) in [6.07, 6.45) is 4.81. The van der Waals surface area contributed by atoms with E-state index in [0.29, 0.717) is 12.6 Å². The van der Waals surface area contributed by atoms with Crippen molar-refractivity contribution < 1.29 is 9.13 Å². The zero-order valence-electron chi connectivity index (χ0n) is 13.4. The van der Waals surface area contributed by atoms with Crippen LogP contribution in [0.3, 0.4) is 0 Å². The molecule has 0 spiro atoms. The van der Waals surface area contributed by atoms with Crippen LogP contribution < -0.4 is 10.6 Å². The normalized spacial score (nSPS) is 17.5. The SMILES string of the molecule is CCNC(=NCC(OC)c1ccc(F)cc1)NC1CCCC1. The lowest BCUT2D eigenvalue weighted by Crippen LogP contribution is -2.42. The van der Waals surface area contributed by atoms with Gasteiger partial charge in [0, 0.05) is 19.7 Å². The minimum atomic E-state index is -0.238. The molecule has 0 radical (unpaired) electrons. The van der Waals surface area contributed by atoms with Gasteiger partial charge < -0.3 is 15.4 Å². The average molecular weight is 307 g/mol. The molecule has 2 rings (SSSR count). The van der Waals surface area contributed by atoms with E-state index in [9.17, 15) is 4.39 Å². The molecule has 0 saturated heterocycles. The van der Waals surface area contributed by atoms with Crippen LogP contribution in [0.15, 0.2) is 29.3 Å². The molecule has 5 heteroatoms. The highest BCUT2D eigenvalue weighted by Crippen LogP contribution is 2.19. The molecule has 1 atom stereocenters. The van der Waals surface area contributed by atoms with E-state index in [2.05, 4.69) is 22.5 Å². The van der Waals surface area contributed by atoms with Crippen LogP contribution in [-0.2, 0) is 4.74 Å². The first kappa shape index (κ1) is 16.7. The van der Waals surface area contributed by atoms with Crippen LogP contribution >= 0.6 is 0 Å². The van der Waals surface area contributed by atoms with Gasteiger partial charge in [0.2, 0.25) is 0 Å². The second kappa shape index (κ2) is 8.73. The van der Waals surface area contributed by atoms with Gasteiger partial charge >= 0.3 is 0 Å². The molecule has 0 amide bonds. The fourth-order valence-electron chi connectivity index (χ4n) is 2.75. The molecule has 2 N–H and O–H groups in total. The number of aliphatic imine (C=N–C) groups is 1. The fourth-order valence-corrected chi connectivity index (χ4v) is 2.75. The lowest BCUT2D eigenvalue weighted by atomic mass is 10.1. The number of benzene rings is 1. The third-order valence-corrected chi connectivity index (χ3v) is 3.98. The molecule has 0 aromatic heterocycles. The predicted octanol–water partition coefficient (Wildman–Crippen LogP) is 3.01. The molecule has 1 aromatic carbocycles. The number of hydrogen-bond acceptors (Lipinski definition) is 2. The van der Waals surface area contributed by atoms with E-state index in [1.165, 1.54) is 37.8 Å². The van der Waals surface area contributed by atoms with Gasteiger partial charge in [-0.25, -0.2) is 4.39 Å². The van der Waals surface area contributed by atoms with E-state index >= 15 is 0 Å². The van der Waals surface area contributed by atoms with Crippen molar-refractivity contribution in [3.63, 3.8) is 0 Å². The number of rotatable bonds is 6. The summed E-state index contributed by atoms with van der Waals surface area (Å²) in [5, 5.41) is 6.75. The van der Waals surface area contributed by atoms with Gasteiger partial charge in [-0.3, -0.25) is 4.99 Å². The minimum Gasteiger partial charge on any atom is -0.375 e. The zero-order chi connectivity index (χ0) is 15.8. The molecule has 1 saturated carbocycles. The number of hydrogen-bond donors (Lipinski definition) is 2. The van der Waals surface area contributed by atoms with Crippen LogP contribution in [0, 0.1) is 5.82 Å². The first-order chi connectivity index (χ1) is 10.7. The van der Waals surface area contributed by atoms with Crippen LogP contribution in [0.2, 0.25) is 0 Å². The van der Waals surface area contributed by atoms with Crippen molar-refractivity contribution in [3.8, 4) is 0 Å². The van der Waals surface area contributed by atoms with E-state index in [4.69, 9.17) is 4.74 Å². The number of nitrogens with zero attached hydrogens (tertiary/aromatic N) is 1. The Balaban J connectivity index is 1.98. The third-order valence-electron chi connectivity index (χ3n) is 3.98. The predicted molar refractivity (Wildman–Crippen MR) is 87.5 cm³/mol. The number of guanidine groups is 1. The van der Waals surface area contributed by atoms with Gasteiger partial charge in [-0.2, -0.15) is 0 Å². The third kappa shape index (κ3) is 4.98. The summed E-state index contributed by atoms with van der Waals surface area (Å²) >= 11 is 0. The van der Waals surface area contributed by atoms with Gasteiger partial charge in [0.25, 0.3) is 0 Å². The van der Waals surface area contributed by atoms with Crippen molar-refractivity contribution in [3.05, 3.63) is 35.6 Å². The Morgan fingerprint density at radius 1 is 1.32 bits per heavy atom. The first-order valence-corrected chi connectivity index (χ1v) is 8.06. The Bertz CT molecular complexity index is 469. The van der Waals surface area contributed by atoms with Crippen molar-refractivity contribution >= 4 is 5.96 Å². The number of methoxy groups -OCH3 is 1. The molecule has 0 aliphatic heterocycles. The highest BCUT2D eigenvalue weighted by Gasteiger charge is 2.16. The van der Waals surface area contributed by atoms with Crippen molar-refractivity contribution in [1.29, 1.82) is 0 Å². The molecule has 122 valence electrons. The van der Waals surface area contributed by atoms with E-state index in [1.54, 1.807) is 19.2 Å². The Morgan fingerprint density at radius 3 is 2.59 bits per heavy atom. The van der Waals surface area contributed by atoms with E-state index in [0.717, 1.165) is 18.1 Å². The van der Waals surface area contributed by atoms with Crippen molar-refractivity contribution in [2.24, 2.45) is 4.99 Å². The molecule has 1 aliphatic rings. The topological polar surface area (TPSA) is 45.7 Å². The Hall–Kier alpha value is -1.62. The van der Waals surface area contributed by atoms with Gasteiger partial charge in [0.15, 0.2) is 5.96 Å². The summed E-state index contributed by atoms with van der Waals surface area (Å²) in [6.45, 7) is 3.39. The monoisotopic (exact) mass is 307 g/mol. The Kier molecular flexibility index (Phi) is 6.65. The summed E-state index contributed by atoms with van der Waals surface area (Å²) in [5.74, 6) is 0.594. The van der Waals surface area contributed by atoms with Crippen LogP contribution in [0.4, 0.5) is 4.39 Å². The van der Waals surface area contributed by atoms with Crippen LogP contribution in [0.25, 0.3) is 0 Å². The molecule has 1 aliphatic carbocycles. The van der Waals surface area contributed by atoms with Gasteiger partial charge in [0.05, 0.1) is 6.54 Å². The molecule has 1 aromatic rings. The van der Waals surface area contributed by atoms with Crippen LogP contribution in [0.5, 0.6) is 0 Å². The average Bonchev–Trinajstić information content (AvgIpc) is 3.02. The molecule has 4 nitrogen and oxygen atoms in total. The Labute approximate surface area is 132 Å². The molecule has 1 unspecified atom stereocenters. The maximum atomic E-state index is 13.0. The second-order valence-electron chi connectivity index (χ2n) is 5.62. The van der Waals surface area contributed by atoms with Gasteiger partial charge in [-0.15, -0.1) is 0 Å². The minimum absolute atomic E-state index is 0.167. The summed E-state index contributed by atoms with van der Waals surface area (Å²) in [7, 11) is 1.65. The zero-order valence-corrected chi connectivity index (χ0v) is 13.4. The number of nitrogens with one attached hydrogen (secondary N) is 2. The van der Waals surface area contributed by atoms with E-state index < -0.39 is 0 Å². The van der Waals surface area contributed by atoms with E-state index in [-0.39, 0.29) is 11.9 Å². The molecule has 22 heavy (non-hydrogen) atoms. The maximum Gasteiger partial charge on any atom is 0.191 e. The quantitative estimate of drug-likeness (QED) is 0.627. The smallest absolute Gasteiger partial charge is 0.191 e. The van der Waals surface area contributed by atoms with Crippen molar-refractivity contribution in [2.75, 3.05) is 20.2 Å². The highest BCUT2D eigenvalue weighted by molar-refractivity contribution is 5.80. The maximum absolute atomic E-state index is 13.0. The summed E-state index contributed by atoms with van der Waals surface area (Å²) < 4.78 is 18.5. The van der Waals surface area contributed by atoms with Crippen molar-refractivity contribution in [1.82, 2.24) is 10.6 Å². The first-order valence-electron chi connectivity index (χ1n) is 8.06. The van der Waals surface area contributed by atoms with Gasteiger partial charge in [0.1, 0.15) is 11.9 Å². The summed E-state index contributed by atoms with van der Waals surface area (Å²) in [5.41, 5.74) is 0.935. The summed E-state index contributed by atoms with van der Waals surface area (Å²) in [4.78, 5) is 4.62. The lowest BCUT2D eigenvalue weighted by Gasteiger charge is -2.18. The number of ether oxygens (including phenoxy) is 1. The lowest BCUT2D eigenvalue weighted by molar-refractivity contribution is 0.111. The van der Waals surface area contributed by atoms with Crippen LogP contribution in [0.1, 0.15) is 44.3 Å². The van der Waals surface area contributed by atoms with Crippen LogP contribution in [-0.4, -0.2) is 32.2 Å². The standard InChI is InChI=1S/C17H26FN3O/c1-3-19-17(21-15-6-4-5-7-15)20-12-16(22-2)13-8-10-14(18)11-9-13/h8-11,15-16H,3-7,12H2,1-2H3,(H2,19,20,21).